The molecule has 0 bridgehead atoms. The molecule has 3 heteroatoms. The zero-order valence-corrected chi connectivity index (χ0v) is 14.8. The summed E-state index contributed by atoms with van der Waals surface area (Å²) in [5.41, 5.74) is 5.29. The van der Waals surface area contributed by atoms with Gasteiger partial charge in [-0.1, -0.05) is 49.4 Å². The van der Waals surface area contributed by atoms with Crippen LogP contribution < -0.4 is 10.2 Å². The Labute approximate surface area is 145 Å². The number of ether oxygens (including phenoxy) is 1. The molecule has 0 aromatic heterocycles. The Bertz CT molecular complexity index is 636. The van der Waals surface area contributed by atoms with Crippen molar-refractivity contribution in [1.29, 1.82) is 0 Å². The van der Waals surface area contributed by atoms with E-state index >= 15 is 0 Å². The van der Waals surface area contributed by atoms with E-state index in [0.29, 0.717) is 6.61 Å². The summed E-state index contributed by atoms with van der Waals surface area (Å²) in [7, 11) is 0. The lowest BCUT2D eigenvalue weighted by Crippen LogP contribution is -2.43. The minimum absolute atomic E-state index is 0.104. The van der Waals surface area contributed by atoms with Crippen molar-refractivity contribution in [3.63, 3.8) is 0 Å². The molecule has 1 unspecified atom stereocenters. The topological polar surface area (TPSA) is 24.5 Å². The molecular formula is C21H28N2O. The second-order valence-corrected chi connectivity index (χ2v) is 6.42. The second-order valence-electron chi connectivity index (χ2n) is 6.42. The van der Waals surface area contributed by atoms with Gasteiger partial charge in [0.1, 0.15) is 0 Å². The fourth-order valence-electron chi connectivity index (χ4n) is 3.25. The third-order valence-corrected chi connectivity index (χ3v) is 4.75. The molecule has 128 valence electrons. The number of benzene rings is 2. The Morgan fingerprint density at radius 3 is 2.54 bits per heavy atom. The zero-order valence-electron chi connectivity index (χ0n) is 14.8. The molecule has 24 heavy (non-hydrogen) atoms. The summed E-state index contributed by atoms with van der Waals surface area (Å²) in [5, 5.41) is 3.42. The van der Waals surface area contributed by atoms with E-state index in [2.05, 4.69) is 66.5 Å². The average molecular weight is 324 g/mol. The quantitative estimate of drug-likeness (QED) is 0.871. The fourth-order valence-corrected chi connectivity index (χ4v) is 3.25. The van der Waals surface area contributed by atoms with Crippen LogP contribution >= 0.6 is 0 Å². The lowest BCUT2D eigenvalue weighted by molar-refractivity contribution is 0.0525. The molecule has 2 aromatic rings. The highest BCUT2D eigenvalue weighted by Crippen LogP contribution is 2.27. The average Bonchev–Trinajstić information content (AvgIpc) is 2.67. The first-order chi connectivity index (χ1) is 11.8. The minimum atomic E-state index is 0.104. The molecule has 1 atom stereocenters. The van der Waals surface area contributed by atoms with Crippen LogP contribution in [-0.2, 0) is 17.8 Å². The van der Waals surface area contributed by atoms with E-state index in [9.17, 15) is 0 Å². The van der Waals surface area contributed by atoms with Gasteiger partial charge < -0.3 is 15.0 Å². The summed E-state index contributed by atoms with van der Waals surface area (Å²) < 4.78 is 6.08. The smallest absolute Gasteiger partial charge is 0.0801 e. The minimum Gasteiger partial charge on any atom is -0.369 e. The number of aryl methyl sites for hydroxylation is 1. The maximum atomic E-state index is 6.08. The largest absolute Gasteiger partial charge is 0.369 e. The molecule has 0 amide bonds. The normalized spacial score (nSPS) is 16.2. The van der Waals surface area contributed by atoms with Crippen molar-refractivity contribution >= 4 is 5.69 Å². The lowest BCUT2D eigenvalue weighted by atomic mass is 10.0. The van der Waals surface area contributed by atoms with Crippen LogP contribution in [0.2, 0.25) is 0 Å². The van der Waals surface area contributed by atoms with Crippen LogP contribution in [0.1, 0.15) is 36.6 Å². The summed E-state index contributed by atoms with van der Waals surface area (Å²) in [4.78, 5) is 2.49. The van der Waals surface area contributed by atoms with Crippen LogP contribution in [-0.4, -0.2) is 26.2 Å². The summed E-state index contributed by atoms with van der Waals surface area (Å²) in [6, 6.07) is 17.2. The zero-order chi connectivity index (χ0) is 16.8. The van der Waals surface area contributed by atoms with Gasteiger partial charge in [0.15, 0.2) is 0 Å². The maximum absolute atomic E-state index is 6.08. The SMILES string of the molecule is CCc1cc(C(C)OCc2ccccc2)ccc1N1CCNCC1. The van der Waals surface area contributed by atoms with Gasteiger partial charge >= 0.3 is 0 Å². The van der Waals surface area contributed by atoms with Gasteiger partial charge in [0.2, 0.25) is 0 Å². The molecule has 0 radical (unpaired) electrons. The number of piperazine rings is 1. The van der Waals surface area contributed by atoms with Crippen LogP contribution in [0.5, 0.6) is 0 Å². The standard InChI is InChI=1S/C21H28N2O/c1-3-19-15-20(9-10-21(19)23-13-11-22-12-14-23)17(2)24-16-18-7-5-4-6-8-18/h4-10,15,17,22H,3,11-14,16H2,1-2H3. The van der Waals surface area contributed by atoms with Crippen molar-refractivity contribution in [2.45, 2.75) is 33.0 Å². The van der Waals surface area contributed by atoms with Gasteiger partial charge in [0.25, 0.3) is 0 Å². The van der Waals surface area contributed by atoms with Gasteiger partial charge in [-0.25, -0.2) is 0 Å². The fraction of sp³-hybridized carbons (Fsp3) is 0.429. The van der Waals surface area contributed by atoms with Crippen molar-refractivity contribution in [1.82, 2.24) is 5.32 Å². The van der Waals surface area contributed by atoms with E-state index in [0.717, 1.165) is 32.6 Å². The maximum Gasteiger partial charge on any atom is 0.0801 e. The van der Waals surface area contributed by atoms with Gasteiger partial charge in [0.05, 0.1) is 12.7 Å². The summed E-state index contributed by atoms with van der Waals surface area (Å²) in [6.07, 6.45) is 1.16. The molecule has 1 N–H and O–H groups in total. The van der Waals surface area contributed by atoms with Crippen molar-refractivity contribution in [3.05, 3.63) is 65.2 Å². The molecule has 0 saturated carbocycles. The van der Waals surface area contributed by atoms with Crippen molar-refractivity contribution in [3.8, 4) is 0 Å². The summed E-state index contributed by atoms with van der Waals surface area (Å²) >= 11 is 0. The van der Waals surface area contributed by atoms with Crippen LogP contribution in [0.3, 0.4) is 0 Å². The van der Waals surface area contributed by atoms with Crippen LogP contribution in [0.4, 0.5) is 5.69 Å². The van der Waals surface area contributed by atoms with E-state index in [1.165, 1.54) is 22.4 Å². The van der Waals surface area contributed by atoms with Gasteiger partial charge in [-0.3, -0.25) is 0 Å². The number of nitrogens with zero attached hydrogens (tertiary/aromatic N) is 1. The predicted molar refractivity (Wildman–Crippen MR) is 101 cm³/mol. The molecule has 0 spiro atoms. The first kappa shape index (κ1) is 17.0. The Balaban J connectivity index is 1.69. The Morgan fingerprint density at radius 2 is 1.83 bits per heavy atom. The summed E-state index contributed by atoms with van der Waals surface area (Å²) in [6.45, 7) is 9.35. The number of nitrogens with one attached hydrogen (secondary N) is 1. The van der Waals surface area contributed by atoms with Gasteiger partial charge in [-0.05, 0) is 36.1 Å². The molecule has 1 saturated heterocycles. The van der Waals surface area contributed by atoms with Crippen molar-refractivity contribution in [2.75, 3.05) is 31.1 Å². The molecule has 1 aliphatic heterocycles. The van der Waals surface area contributed by atoms with Crippen LogP contribution in [0, 0.1) is 0 Å². The van der Waals surface area contributed by atoms with E-state index in [-0.39, 0.29) is 6.10 Å². The number of anilines is 1. The predicted octanol–water partition coefficient (Wildman–Crippen LogP) is 3.94. The molecule has 0 aliphatic carbocycles. The van der Waals surface area contributed by atoms with Gasteiger partial charge in [-0.2, -0.15) is 0 Å². The van der Waals surface area contributed by atoms with E-state index < -0.39 is 0 Å². The molecule has 3 nitrogen and oxygen atoms in total. The second kappa shape index (κ2) is 8.32. The van der Waals surface area contributed by atoms with E-state index in [1.54, 1.807) is 0 Å². The number of hydrogen-bond acceptors (Lipinski definition) is 3. The Morgan fingerprint density at radius 1 is 1.08 bits per heavy atom. The highest BCUT2D eigenvalue weighted by Gasteiger charge is 2.15. The summed E-state index contributed by atoms with van der Waals surface area (Å²) in [5.74, 6) is 0. The molecular weight excluding hydrogens is 296 g/mol. The van der Waals surface area contributed by atoms with Gasteiger partial charge in [-0.15, -0.1) is 0 Å². The Hall–Kier alpha value is -1.84. The number of rotatable bonds is 6. The highest BCUT2D eigenvalue weighted by atomic mass is 16.5. The first-order valence-corrected chi connectivity index (χ1v) is 9.02. The third-order valence-electron chi connectivity index (χ3n) is 4.75. The molecule has 1 aliphatic rings. The van der Waals surface area contributed by atoms with Crippen LogP contribution in [0.25, 0.3) is 0 Å². The molecule has 1 heterocycles. The third kappa shape index (κ3) is 4.16. The molecule has 2 aromatic carbocycles. The van der Waals surface area contributed by atoms with E-state index in [4.69, 9.17) is 4.74 Å². The monoisotopic (exact) mass is 324 g/mol. The van der Waals surface area contributed by atoms with Crippen molar-refractivity contribution in [2.24, 2.45) is 0 Å². The van der Waals surface area contributed by atoms with Crippen LogP contribution in [0.15, 0.2) is 48.5 Å². The van der Waals surface area contributed by atoms with Crippen molar-refractivity contribution < 1.29 is 4.74 Å². The first-order valence-electron chi connectivity index (χ1n) is 9.02. The number of hydrogen-bond donors (Lipinski definition) is 1. The Kier molecular flexibility index (Phi) is 5.89. The van der Waals surface area contributed by atoms with E-state index in [1.807, 2.05) is 6.07 Å². The van der Waals surface area contributed by atoms with Gasteiger partial charge in [0, 0.05) is 31.9 Å². The highest BCUT2D eigenvalue weighted by molar-refractivity contribution is 5.55. The lowest BCUT2D eigenvalue weighted by Gasteiger charge is -2.31. The molecule has 1 fully saturated rings. The molecule has 3 rings (SSSR count).